The van der Waals surface area contributed by atoms with Gasteiger partial charge in [-0.25, -0.2) is 0 Å². The second kappa shape index (κ2) is 9.61. The molecule has 0 unspecified atom stereocenters. The molecule has 8 atom stereocenters. The van der Waals surface area contributed by atoms with E-state index in [4.69, 9.17) is 11.6 Å². The number of benzene rings is 1. The Kier molecular flexibility index (Phi) is 7.04. The van der Waals surface area contributed by atoms with Crippen molar-refractivity contribution >= 4 is 17.2 Å². The van der Waals surface area contributed by atoms with Crippen molar-refractivity contribution in [1.29, 1.82) is 0 Å². The lowest BCUT2D eigenvalue weighted by molar-refractivity contribution is -0.0999. The number of hydrogen-bond donors (Lipinski definition) is 0. The molecule has 0 aliphatic heterocycles. The first-order valence-corrected chi connectivity index (χ1v) is 15.1. The molecule has 4 aliphatic carbocycles. The lowest BCUT2D eigenvalue weighted by Crippen LogP contribution is -2.52. The summed E-state index contributed by atoms with van der Waals surface area (Å²) in [5.41, 5.74) is 3.91. The first kappa shape index (κ1) is 24.9. The van der Waals surface area contributed by atoms with Crippen molar-refractivity contribution in [1.82, 2.24) is 0 Å². The molecule has 0 nitrogen and oxygen atoms in total. The quantitative estimate of drug-likeness (QED) is 0.379. The van der Waals surface area contributed by atoms with Gasteiger partial charge >= 0.3 is 0 Å². The largest absolute Gasteiger partial charge is 0.0837 e. The van der Waals surface area contributed by atoms with Gasteiger partial charge in [-0.05, 0) is 121 Å². The van der Waals surface area contributed by atoms with E-state index < -0.39 is 0 Å². The van der Waals surface area contributed by atoms with Crippen LogP contribution in [0, 0.1) is 52.3 Å². The highest BCUT2D eigenvalue weighted by atomic mass is 35.5. The number of fused-ring (bicyclic) bond motifs is 5. The summed E-state index contributed by atoms with van der Waals surface area (Å²) in [5.74, 6) is 6.46. The molecule has 0 heterocycles. The van der Waals surface area contributed by atoms with Crippen LogP contribution >= 0.6 is 11.6 Å². The molecule has 0 radical (unpaired) electrons. The molecule has 3 fully saturated rings. The van der Waals surface area contributed by atoms with Gasteiger partial charge in [0, 0.05) is 5.02 Å². The molecule has 34 heavy (non-hydrogen) atoms. The zero-order valence-corrected chi connectivity index (χ0v) is 23.3. The van der Waals surface area contributed by atoms with Crippen molar-refractivity contribution in [3.63, 3.8) is 0 Å². The topological polar surface area (TPSA) is 0 Å². The van der Waals surface area contributed by atoms with Gasteiger partial charge in [0.1, 0.15) is 0 Å². The van der Waals surface area contributed by atoms with Crippen LogP contribution in [0.2, 0.25) is 5.02 Å². The van der Waals surface area contributed by atoms with Gasteiger partial charge in [0.2, 0.25) is 0 Å². The van der Waals surface area contributed by atoms with Crippen LogP contribution in [0.1, 0.15) is 111 Å². The van der Waals surface area contributed by atoms with E-state index in [0.29, 0.717) is 10.8 Å². The fourth-order valence-electron chi connectivity index (χ4n) is 9.85. The molecule has 0 saturated heterocycles. The van der Waals surface area contributed by atoms with Crippen molar-refractivity contribution < 1.29 is 0 Å². The lowest BCUT2D eigenvalue weighted by atomic mass is 9.44. The summed E-state index contributed by atoms with van der Waals surface area (Å²) in [5, 5.41) is 0.930. The Morgan fingerprint density at radius 3 is 2.44 bits per heavy atom. The van der Waals surface area contributed by atoms with E-state index in [1.807, 2.05) is 0 Å². The number of allylic oxidation sites excluding steroid dienone is 2. The van der Waals surface area contributed by atoms with Gasteiger partial charge in [0.05, 0.1) is 0 Å². The van der Waals surface area contributed by atoms with Gasteiger partial charge < -0.3 is 0 Å². The first-order chi connectivity index (χ1) is 16.2. The molecule has 1 aromatic carbocycles. The van der Waals surface area contributed by atoms with Gasteiger partial charge in [-0.3, -0.25) is 0 Å². The Balaban J connectivity index is 1.31. The molecule has 0 aromatic heterocycles. The van der Waals surface area contributed by atoms with E-state index in [9.17, 15) is 0 Å². The van der Waals surface area contributed by atoms with Gasteiger partial charge in [-0.2, -0.15) is 0 Å². The standard InChI is InChI=1S/C33H49Cl/c1-22(2)9-8-10-23(3)28-15-16-29-27-14-13-25-21-24(26-11-6-7-12-31(26)34)17-19-32(25,4)30(27)18-20-33(28,29)5/h6-7,11-12,17,22-23,25,27-30H,8-10,13-16,18-21H2,1-5H3/t23-,25-,27-,28-,29-,30+,32+,33-/m1/s1. The average molecular weight is 481 g/mol. The molecule has 4 aliphatic rings. The average Bonchev–Trinajstić information content (AvgIpc) is 3.16. The predicted octanol–water partition coefficient (Wildman–Crippen LogP) is 10.5. The lowest BCUT2D eigenvalue weighted by Gasteiger charge is -2.60. The molecule has 0 bridgehead atoms. The predicted molar refractivity (Wildman–Crippen MR) is 148 cm³/mol. The molecule has 5 rings (SSSR count). The second-order valence-corrected chi connectivity index (χ2v) is 14.2. The summed E-state index contributed by atoms with van der Waals surface area (Å²) in [6.45, 7) is 12.8. The number of rotatable bonds is 6. The smallest absolute Gasteiger partial charge is 0.0481 e. The van der Waals surface area contributed by atoms with Crippen molar-refractivity contribution in [3.8, 4) is 0 Å². The third kappa shape index (κ3) is 4.23. The maximum absolute atomic E-state index is 6.60. The van der Waals surface area contributed by atoms with Crippen LogP contribution in [0.3, 0.4) is 0 Å². The van der Waals surface area contributed by atoms with E-state index in [2.05, 4.69) is 65.0 Å². The monoisotopic (exact) mass is 480 g/mol. The van der Waals surface area contributed by atoms with Crippen LogP contribution < -0.4 is 0 Å². The zero-order chi connectivity index (χ0) is 24.1. The summed E-state index contributed by atoms with van der Waals surface area (Å²) in [4.78, 5) is 0. The molecule has 3 saturated carbocycles. The highest BCUT2D eigenvalue weighted by Crippen LogP contribution is 2.68. The molecule has 1 heteroatoms. The van der Waals surface area contributed by atoms with Crippen molar-refractivity contribution in [2.75, 3.05) is 0 Å². The Hall–Kier alpha value is -0.750. The molecule has 1 aromatic rings. The Bertz CT molecular complexity index is 898. The fraction of sp³-hybridized carbons (Fsp3) is 0.758. The van der Waals surface area contributed by atoms with E-state index in [0.717, 1.165) is 46.4 Å². The van der Waals surface area contributed by atoms with E-state index in [1.165, 1.54) is 81.8 Å². The van der Waals surface area contributed by atoms with Crippen molar-refractivity contribution in [2.24, 2.45) is 52.3 Å². The normalized spacial score (nSPS) is 40.3. The highest BCUT2D eigenvalue weighted by molar-refractivity contribution is 6.32. The van der Waals surface area contributed by atoms with Gasteiger partial charge in [-0.1, -0.05) is 89.8 Å². The zero-order valence-electron chi connectivity index (χ0n) is 22.6. The molecular weight excluding hydrogens is 432 g/mol. The van der Waals surface area contributed by atoms with Crippen LogP contribution in [0.15, 0.2) is 30.3 Å². The molecule has 188 valence electrons. The molecule has 0 spiro atoms. The van der Waals surface area contributed by atoms with Crippen LogP contribution in [-0.2, 0) is 0 Å². The molecule has 0 N–H and O–H groups in total. The maximum atomic E-state index is 6.60. The SMILES string of the molecule is CC(C)CCC[C@@H](C)[C@H]1CC[C@@H]2[C@H]3CC[C@@H]4CC(c5ccccc5Cl)=CC[C@]4(C)[C@H]3CC[C@@]21C. The van der Waals surface area contributed by atoms with Crippen LogP contribution in [-0.4, -0.2) is 0 Å². The summed E-state index contributed by atoms with van der Waals surface area (Å²) in [6.07, 6.45) is 18.3. The highest BCUT2D eigenvalue weighted by Gasteiger charge is 2.60. The third-order valence-corrected chi connectivity index (χ3v) is 12.1. The van der Waals surface area contributed by atoms with E-state index in [1.54, 1.807) is 0 Å². The minimum atomic E-state index is 0.496. The minimum absolute atomic E-state index is 0.496. The number of halogens is 1. The summed E-state index contributed by atoms with van der Waals surface area (Å²) < 4.78 is 0. The van der Waals surface area contributed by atoms with E-state index in [-0.39, 0.29) is 0 Å². The number of hydrogen-bond acceptors (Lipinski definition) is 0. The second-order valence-electron chi connectivity index (χ2n) is 13.8. The maximum Gasteiger partial charge on any atom is 0.0481 e. The van der Waals surface area contributed by atoms with Crippen LogP contribution in [0.25, 0.3) is 5.57 Å². The Morgan fingerprint density at radius 1 is 0.912 bits per heavy atom. The summed E-state index contributed by atoms with van der Waals surface area (Å²) in [6, 6.07) is 8.50. The van der Waals surface area contributed by atoms with Crippen LogP contribution in [0.5, 0.6) is 0 Å². The van der Waals surface area contributed by atoms with Crippen molar-refractivity contribution in [3.05, 3.63) is 40.9 Å². The van der Waals surface area contributed by atoms with Crippen LogP contribution in [0.4, 0.5) is 0 Å². The summed E-state index contributed by atoms with van der Waals surface area (Å²) in [7, 11) is 0. The van der Waals surface area contributed by atoms with Gasteiger partial charge in [0.25, 0.3) is 0 Å². The minimum Gasteiger partial charge on any atom is -0.0837 e. The third-order valence-electron chi connectivity index (χ3n) is 11.7. The Morgan fingerprint density at radius 2 is 1.68 bits per heavy atom. The van der Waals surface area contributed by atoms with Gasteiger partial charge in [-0.15, -0.1) is 0 Å². The first-order valence-electron chi connectivity index (χ1n) is 14.7. The Labute approximate surface area is 215 Å². The van der Waals surface area contributed by atoms with Gasteiger partial charge in [0.15, 0.2) is 0 Å². The molecular formula is C33H49Cl. The molecule has 0 amide bonds. The van der Waals surface area contributed by atoms with E-state index >= 15 is 0 Å². The van der Waals surface area contributed by atoms with Crippen molar-refractivity contribution in [2.45, 2.75) is 105 Å². The summed E-state index contributed by atoms with van der Waals surface area (Å²) >= 11 is 6.60. The fourth-order valence-corrected chi connectivity index (χ4v) is 10.1.